The fourth-order valence-electron chi connectivity index (χ4n) is 2.11. The van der Waals surface area contributed by atoms with Crippen molar-refractivity contribution >= 4 is 0 Å². The van der Waals surface area contributed by atoms with Crippen molar-refractivity contribution in [2.75, 3.05) is 32.8 Å². The maximum absolute atomic E-state index is 10.3. The Morgan fingerprint density at radius 1 is 1.14 bits per heavy atom. The number of hydrogen-bond acceptors (Lipinski definition) is 4. The molecule has 0 fully saturated rings. The minimum absolute atomic E-state index is 0.162. The maximum atomic E-state index is 10.3. The molecule has 0 aliphatic rings. The third-order valence-electron chi connectivity index (χ3n) is 3.27. The Labute approximate surface area is 128 Å². The van der Waals surface area contributed by atoms with Gasteiger partial charge in [0.15, 0.2) is 0 Å². The van der Waals surface area contributed by atoms with Crippen molar-refractivity contribution < 1.29 is 14.6 Å². The predicted octanol–water partition coefficient (Wildman–Crippen LogP) is 2.87. The van der Waals surface area contributed by atoms with Crippen molar-refractivity contribution in [3.8, 4) is 5.75 Å². The summed E-state index contributed by atoms with van der Waals surface area (Å²) in [5, 5.41) is 10.3. The van der Waals surface area contributed by atoms with Crippen molar-refractivity contribution in [3.05, 3.63) is 29.8 Å². The molecule has 0 radical (unpaired) electrons. The van der Waals surface area contributed by atoms with Crippen molar-refractivity contribution in [3.63, 3.8) is 0 Å². The van der Waals surface area contributed by atoms with Gasteiger partial charge in [-0.1, -0.05) is 19.1 Å². The van der Waals surface area contributed by atoms with E-state index < -0.39 is 6.10 Å². The van der Waals surface area contributed by atoms with Crippen molar-refractivity contribution in [2.45, 2.75) is 39.9 Å². The highest BCUT2D eigenvalue weighted by molar-refractivity contribution is 5.28. The summed E-state index contributed by atoms with van der Waals surface area (Å²) in [4.78, 5) is 2.19. The average Bonchev–Trinajstić information content (AvgIpc) is 2.46. The van der Waals surface area contributed by atoms with Gasteiger partial charge in [-0.05, 0) is 45.0 Å². The van der Waals surface area contributed by atoms with E-state index in [4.69, 9.17) is 9.47 Å². The standard InChI is InChI=1S/C17H29NO3/c1-5-18(11-12-20-6-2)13-17(19)15-7-9-16(10-8-15)21-14(3)4/h7-10,14,17,19H,5-6,11-13H2,1-4H3. The third-order valence-corrected chi connectivity index (χ3v) is 3.27. The Kier molecular flexibility index (Phi) is 8.35. The highest BCUT2D eigenvalue weighted by atomic mass is 16.5. The van der Waals surface area contributed by atoms with Crippen LogP contribution in [0.2, 0.25) is 0 Å². The summed E-state index contributed by atoms with van der Waals surface area (Å²) >= 11 is 0. The molecule has 0 aromatic heterocycles. The second kappa shape index (κ2) is 9.77. The molecule has 0 heterocycles. The average molecular weight is 295 g/mol. The number of aliphatic hydroxyl groups is 1. The lowest BCUT2D eigenvalue weighted by molar-refractivity contribution is 0.0792. The molecule has 0 amide bonds. The molecule has 4 nitrogen and oxygen atoms in total. The third kappa shape index (κ3) is 6.93. The number of likely N-dealkylation sites (N-methyl/N-ethyl adjacent to an activating group) is 1. The lowest BCUT2D eigenvalue weighted by Gasteiger charge is -2.23. The van der Waals surface area contributed by atoms with E-state index in [-0.39, 0.29) is 6.10 Å². The molecule has 0 aliphatic carbocycles. The van der Waals surface area contributed by atoms with Crippen LogP contribution in [-0.2, 0) is 4.74 Å². The first kappa shape index (κ1) is 18.0. The van der Waals surface area contributed by atoms with Gasteiger partial charge in [-0.25, -0.2) is 0 Å². The molecule has 0 saturated heterocycles. The zero-order valence-corrected chi connectivity index (χ0v) is 13.7. The van der Waals surface area contributed by atoms with Crippen LogP contribution in [-0.4, -0.2) is 49.0 Å². The number of benzene rings is 1. The summed E-state index contributed by atoms with van der Waals surface area (Å²) in [7, 11) is 0. The molecule has 1 atom stereocenters. The van der Waals surface area contributed by atoms with E-state index >= 15 is 0 Å². The van der Waals surface area contributed by atoms with Crippen LogP contribution < -0.4 is 4.74 Å². The summed E-state index contributed by atoms with van der Waals surface area (Å²) in [6, 6.07) is 7.68. The summed E-state index contributed by atoms with van der Waals surface area (Å²) in [6.07, 6.45) is -0.324. The summed E-state index contributed by atoms with van der Waals surface area (Å²) in [6.45, 7) is 11.9. The van der Waals surface area contributed by atoms with Gasteiger partial charge in [-0.2, -0.15) is 0 Å². The molecule has 1 aromatic rings. The van der Waals surface area contributed by atoms with Gasteiger partial charge < -0.3 is 14.6 Å². The predicted molar refractivity (Wildman–Crippen MR) is 85.8 cm³/mol. The van der Waals surface area contributed by atoms with Gasteiger partial charge >= 0.3 is 0 Å². The van der Waals surface area contributed by atoms with Crippen molar-refractivity contribution in [1.82, 2.24) is 4.90 Å². The second-order valence-corrected chi connectivity index (χ2v) is 5.34. The number of ether oxygens (including phenoxy) is 2. The van der Waals surface area contributed by atoms with Crippen molar-refractivity contribution in [2.24, 2.45) is 0 Å². The van der Waals surface area contributed by atoms with Gasteiger partial charge in [-0.15, -0.1) is 0 Å². The SMILES string of the molecule is CCOCCN(CC)CC(O)c1ccc(OC(C)C)cc1. The normalized spacial score (nSPS) is 12.9. The number of hydrogen-bond donors (Lipinski definition) is 1. The van der Waals surface area contributed by atoms with Gasteiger partial charge in [0.05, 0.1) is 18.8 Å². The van der Waals surface area contributed by atoms with Crippen LogP contribution in [0.15, 0.2) is 24.3 Å². The van der Waals surface area contributed by atoms with Crippen LogP contribution in [0.4, 0.5) is 0 Å². The van der Waals surface area contributed by atoms with Gasteiger partial charge in [0, 0.05) is 19.7 Å². The number of nitrogens with zero attached hydrogens (tertiary/aromatic N) is 1. The lowest BCUT2D eigenvalue weighted by Crippen LogP contribution is -2.31. The largest absolute Gasteiger partial charge is 0.491 e. The van der Waals surface area contributed by atoms with E-state index in [1.807, 2.05) is 45.0 Å². The van der Waals surface area contributed by atoms with Crippen LogP contribution in [0.1, 0.15) is 39.4 Å². The molecule has 21 heavy (non-hydrogen) atoms. The first-order valence-corrected chi connectivity index (χ1v) is 7.81. The second-order valence-electron chi connectivity index (χ2n) is 5.34. The smallest absolute Gasteiger partial charge is 0.119 e. The monoisotopic (exact) mass is 295 g/mol. The molecule has 120 valence electrons. The maximum Gasteiger partial charge on any atom is 0.119 e. The first-order valence-electron chi connectivity index (χ1n) is 7.81. The van der Waals surface area contributed by atoms with Crippen LogP contribution >= 0.6 is 0 Å². The van der Waals surface area contributed by atoms with Crippen LogP contribution in [0, 0.1) is 0 Å². The van der Waals surface area contributed by atoms with Crippen molar-refractivity contribution in [1.29, 1.82) is 0 Å². The molecular formula is C17H29NO3. The Balaban J connectivity index is 2.51. The molecule has 0 aliphatic heterocycles. The highest BCUT2D eigenvalue weighted by Gasteiger charge is 2.12. The molecule has 1 aromatic carbocycles. The summed E-state index contributed by atoms with van der Waals surface area (Å²) in [5.41, 5.74) is 0.918. The molecular weight excluding hydrogens is 266 g/mol. The van der Waals surface area contributed by atoms with E-state index in [9.17, 15) is 5.11 Å². The topological polar surface area (TPSA) is 41.9 Å². The zero-order valence-electron chi connectivity index (χ0n) is 13.7. The molecule has 0 saturated carbocycles. The van der Waals surface area contributed by atoms with E-state index in [0.29, 0.717) is 13.2 Å². The minimum Gasteiger partial charge on any atom is -0.491 e. The molecule has 0 bridgehead atoms. The minimum atomic E-state index is -0.486. The highest BCUT2D eigenvalue weighted by Crippen LogP contribution is 2.19. The first-order chi connectivity index (χ1) is 10.1. The van der Waals surface area contributed by atoms with Crippen LogP contribution in [0.5, 0.6) is 5.75 Å². The summed E-state index contributed by atoms with van der Waals surface area (Å²) in [5.74, 6) is 0.838. The van der Waals surface area contributed by atoms with E-state index in [2.05, 4.69) is 11.8 Å². The quantitative estimate of drug-likeness (QED) is 0.674. The molecule has 1 rings (SSSR count). The van der Waals surface area contributed by atoms with Gasteiger partial charge in [-0.3, -0.25) is 4.90 Å². The number of aliphatic hydroxyl groups excluding tert-OH is 1. The van der Waals surface area contributed by atoms with Gasteiger partial charge in [0.25, 0.3) is 0 Å². The van der Waals surface area contributed by atoms with Crippen LogP contribution in [0.25, 0.3) is 0 Å². The Bertz CT molecular complexity index is 378. The Morgan fingerprint density at radius 2 is 1.81 bits per heavy atom. The Morgan fingerprint density at radius 3 is 2.33 bits per heavy atom. The molecule has 0 spiro atoms. The van der Waals surface area contributed by atoms with E-state index in [1.165, 1.54) is 0 Å². The van der Waals surface area contributed by atoms with Gasteiger partial charge in [0.1, 0.15) is 5.75 Å². The van der Waals surface area contributed by atoms with Crippen LogP contribution in [0.3, 0.4) is 0 Å². The van der Waals surface area contributed by atoms with E-state index in [0.717, 1.165) is 31.0 Å². The zero-order chi connectivity index (χ0) is 15.7. The Hall–Kier alpha value is -1.10. The summed E-state index contributed by atoms with van der Waals surface area (Å²) < 4.78 is 11.0. The molecule has 1 unspecified atom stereocenters. The fraction of sp³-hybridized carbons (Fsp3) is 0.647. The molecule has 1 N–H and O–H groups in total. The van der Waals surface area contributed by atoms with E-state index in [1.54, 1.807) is 0 Å². The fourth-order valence-corrected chi connectivity index (χ4v) is 2.11. The van der Waals surface area contributed by atoms with Gasteiger partial charge in [0.2, 0.25) is 0 Å². The number of rotatable bonds is 10. The lowest BCUT2D eigenvalue weighted by atomic mass is 10.1. The molecule has 4 heteroatoms.